The van der Waals surface area contributed by atoms with E-state index in [4.69, 9.17) is 6.42 Å². The SMILES string of the molecule is C#Cc1cccc(NC(=O)CNC(=O)c2cnn(Cc3ccccc3)c2)c1. The smallest absolute Gasteiger partial charge is 0.254 e. The first-order valence-electron chi connectivity index (χ1n) is 8.35. The van der Waals surface area contributed by atoms with Crippen molar-refractivity contribution in [2.75, 3.05) is 11.9 Å². The molecule has 0 aliphatic heterocycles. The van der Waals surface area contributed by atoms with E-state index >= 15 is 0 Å². The first kappa shape index (κ1) is 18.0. The summed E-state index contributed by atoms with van der Waals surface area (Å²) in [6.45, 7) is 0.420. The Balaban J connectivity index is 1.52. The van der Waals surface area contributed by atoms with Gasteiger partial charge in [0, 0.05) is 17.4 Å². The second-order valence-corrected chi connectivity index (χ2v) is 5.87. The largest absolute Gasteiger partial charge is 0.343 e. The van der Waals surface area contributed by atoms with E-state index in [1.807, 2.05) is 30.3 Å². The van der Waals surface area contributed by atoms with E-state index in [2.05, 4.69) is 21.7 Å². The fraction of sp³-hybridized carbons (Fsp3) is 0.0952. The van der Waals surface area contributed by atoms with Crippen LogP contribution in [0.4, 0.5) is 5.69 Å². The Morgan fingerprint density at radius 1 is 1.11 bits per heavy atom. The number of nitrogens with one attached hydrogen (secondary N) is 2. The Labute approximate surface area is 157 Å². The van der Waals surface area contributed by atoms with Crippen LogP contribution >= 0.6 is 0 Å². The number of amides is 2. The highest BCUT2D eigenvalue weighted by molar-refractivity contribution is 5.99. The van der Waals surface area contributed by atoms with Gasteiger partial charge in [-0.05, 0) is 23.8 Å². The molecule has 0 aliphatic carbocycles. The van der Waals surface area contributed by atoms with Crippen LogP contribution in [0.15, 0.2) is 67.0 Å². The summed E-state index contributed by atoms with van der Waals surface area (Å²) in [6, 6.07) is 16.8. The second kappa shape index (κ2) is 8.50. The number of carbonyl (C=O) groups excluding carboxylic acids is 2. The number of aromatic nitrogens is 2. The molecular weight excluding hydrogens is 340 g/mol. The lowest BCUT2D eigenvalue weighted by Gasteiger charge is -2.06. The van der Waals surface area contributed by atoms with Crippen LogP contribution < -0.4 is 10.6 Å². The molecule has 0 atom stereocenters. The third-order valence-corrected chi connectivity index (χ3v) is 3.81. The number of terminal acetylenes is 1. The zero-order chi connectivity index (χ0) is 19.1. The molecule has 2 aromatic carbocycles. The maximum Gasteiger partial charge on any atom is 0.254 e. The topological polar surface area (TPSA) is 76.0 Å². The van der Waals surface area contributed by atoms with Gasteiger partial charge in [-0.2, -0.15) is 5.10 Å². The molecule has 0 radical (unpaired) electrons. The maximum absolute atomic E-state index is 12.2. The third-order valence-electron chi connectivity index (χ3n) is 3.81. The Morgan fingerprint density at radius 2 is 1.93 bits per heavy atom. The summed E-state index contributed by atoms with van der Waals surface area (Å²) in [6.07, 6.45) is 8.46. The molecule has 0 unspecified atom stereocenters. The lowest BCUT2D eigenvalue weighted by molar-refractivity contribution is -0.115. The van der Waals surface area contributed by atoms with Crippen LogP contribution in [0, 0.1) is 12.3 Å². The number of anilines is 1. The minimum absolute atomic E-state index is 0.150. The number of hydrogen-bond acceptors (Lipinski definition) is 3. The normalized spacial score (nSPS) is 10.0. The fourth-order valence-corrected chi connectivity index (χ4v) is 2.49. The van der Waals surface area contributed by atoms with Crippen LogP contribution in [0.2, 0.25) is 0 Å². The first-order valence-corrected chi connectivity index (χ1v) is 8.35. The number of nitrogens with zero attached hydrogens (tertiary/aromatic N) is 2. The minimum Gasteiger partial charge on any atom is -0.343 e. The number of hydrogen-bond donors (Lipinski definition) is 2. The Kier molecular flexibility index (Phi) is 5.65. The van der Waals surface area contributed by atoms with E-state index < -0.39 is 0 Å². The molecule has 0 spiro atoms. The number of benzene rings is 2. The zero-order valence-corrected chi connectivity index (χ0v) is 14.6. The van der Waals surface area contributed by atoms with E-state index in [1.165, 1.54) is 6.20 Å². The quantitative estimate of drug-likeness (QED) is 0.664. The summed E-state index contributed by atoms with van der Waals surface area (Å²) in [5.74, 6) is 1.80. The highest BCUT2D eigenvalue weighted by Crippen LogP contribution is 2.09. The number of carbonyl (C=O) groups is 2. The molecule has 6 heteroatoms. The van der Waals surface area contributed by atoms with Crippen molar-refractivity contribution in [3.05, 3.63) is 83.7 Å². The summed E-state index contributed by atoms with van der Waals surface area (Å²) < 4.78 is 1.68. The van der Waals surface area contributed by atoms with Gasteiger partial charge in [0.25, 0.3) is 5.91 Å². The van der Waals surface area contributed by atoms with E-state index in [-0.39, 0.29) is 18.4 Å². The van der Waals surface area contributed by atoms with Crippen molar-refractivity contribution in [3.8, 4) is 12.3 Å². The van der Waals surface area contributed by atoms with Crippen LogP contribution in [-0.4, -0.2) is 28.1 Å². The van der Waals surface area contributed by atoms with E-state index in [1.54, 1.807) is 35.1 Å². The highest BCUT2D eigenvalue weighted by Gasteiger charge is 2.11. The van der Waals surface area contributed by atoms with Gasteiger partial charge in [0.05, 0.1) is 24.8 Å². The molecule has 1 aromatic heterocycles. The van der Waals surface area contributed by atoms with E-state index in [0.29, 0.717) is 23.4 Å². The average molecular weight is 358 g/mol. The third kappa shape index (κ3) is 5.06. The first-order chi connectivity index (χ1) is 13.1. The molecule has 27 heavy (non-hydrogen) atoms. The Bertz CT molecular complexity index is 987. The Hall–Kier alpha value is -3.85. The van der Waals surface area contributed by atoms with Crippen LogP contribution in [0.1, 0.15) is 21.5 Å². The standard InChI is InChI=1S/C21H18N4O2/c1-2-16-9-6-10-19(11-16)24-20(26)13-22-21(27)18-12-23-25(15-18)14-17-7-4-3-5-8-17/h1,3-12,15H,13-14H2,(H,22,27)(H,24,26). The van der Waals surface area contributed by atoms with Crippen molar-refractivity contribution >= 4 is 17.5 Å². The molecule has 0 aliphatic rings. The molecule has 3 aromatic rings. The summed E-state index contributed by atoms with van der Waals surface area (Å²) in [7, 11) is 0. The van der Waals surface area contributed by atoms with Gasteiger partial charge in [0.15, 0.2) is 0 Å². The molecule has 134 valence electrons. The summed E-state index contributed by atoms with van der Waals surface area (Å²) in [5.41, 5.74) is 2.73. The molecular formula is C21H18N4O2. The number of rotatable bonds is 6. The molecule has 0 fully saturated rings. The lowest BCUT2D eigenvalue weighted by atomic mass is 10.2. The van der Waals surface area contributed by atoms with Crippen molar-refractivity contribution in [2.24, 2.45) is 0 Å². The van der Waals surface area contributed by atoms with Gasteiger partial charge in [0.1, 0.15) is 0 Å². The molecule has 0 saturated carbocycles. The lowest BCUT2D eigenvalue weighted by Crippen LogP contribution is -2.32. The second-order valence-electron chi connectivity index (χ2n) is 5.87. The van der Waals surface area contributed by atoms with Crippen molar-refractivity contribution < 1.29 is 9.59 Å². The van der Waals surface area contributed by atoms with Crippen molar-refractivity contribution in [2.45, 2.75) is 6.54 Å². The minimum atomic E-state index is -0.359. The van der Waals surface area contributed by atoms with Crippen molar-refractivity contribution in [1.29, 1.82) is 0 Å². The van der Waals surface area contributed by atoms with Crippen LogP contribution in [-0.2, 0) is 11.3 Å². The van der Waals surface area contributed by atoms with Gasteiger partial charge in [-0.25, -0.2) is 0 Å². The monoisotopic (exact) mass is 358 g/mol. The van der Waals surface area contributed by atoms with Crippen LogP contribution in [0.25, 0.3) is 0 Å². The van der Waals surface area contributed by atoms with Crippen molar-refractivity contribution in [1.82, 2.24) is 15.1 Å². The van der Waals surface area contributed by atoms with Gasteiger partial charge >= 0.3 is 0 Å². The van der Waals surface area contributed by atoms with Crippen LogP contribution in [0.3, 0.4) is 0 Å². The molecule has 0 bridgehead atoms. The average Bonchev–Trinajstić information content (AvgIpc) is 3.15. The molecule has 2 amide bonds. The van der Waals surface area contributed by atoms with Gasteiger partial charge in [-0.3, -0.25) is 14.3 Å². The predicted molar refractivity (Wildman–Crippen MR) is 103 cm³/mol. The summed E-state index contributed by atoms with van der Waals surface area (Å²) in [5, 5.41) is 9.45. The summed E-state index contributed by atoms with van der Waals surface area (Å²) in [4.78, 5) is 24.2. The molecule has 2 N–H and O–H groups in total. The van der Waals surface area contributed by atoms with Gasteiger partial charge in [0.2, 0.25) is 5.91 Å². The zero-order valence-electron chi connectivity index (χ0n) is 14.6. The summed E-state index contributed by atoms with van der Waals surface area (Å²) >= 11 is 0. The predicted octanol–water partition coefficient (Wildman–Crippen LogP) is 2.28. The Morgan fingerprint density at radius 3 is 2.70 bits per heavy atom. The van der Waals surface area contributed by atoms with Gasteiger partial charge in [-0.1, -0.05) is 42.3 Å². The fourth-order valence-electron chi connectivity index (χ4n) is 2.49. The molecule has 3 rings (SSSR count). The maximum atomic E-state index is 12.2. The van der Waals surface area contributed by atoms with Gasteiger partial charge < -0.3 is 10.6 Å². The van der Waals surface area contributed by atoms with Gasteiger partial charge in [-0.15, -0.1) is 6.42 Å². The molecule has 1 heterocycles. The molecule has 6 nitrogen and oxygen atoms in total. The highest BCUT2D eigenvalue weighted by atomic mass is 16.2. The van der Waals surface area contributed by atoms with Crippen LogP contribution in [0.5, 0.6) is 0 Å². The molecule has 0 saturated heterocycles. The van der Waals surface area contributed by atoms with Crippen molar-refractivity contribution in [3.63, 3.8) is 0 Å². The van der Waals surface area contributed by atoms with E-state index in [0.717, 1.165) is 5.56 Å². The van der Waals surface area contributed by atoms with E-state index in [9.17, 15) is 9.59 Å².